The third-order valence-electron chi connectivity index (χ3n) is 3.01. The molecule has 0 aliphatic rings. The van der Waals surface area contributed by atoms with E-state index in [0.717, 1.165) is 9.77 Å². The van der Waals surface area contributed by atoms with Crippen molar-refractivity contribution in [3.8, 4) is 0 Å². The van der Waals surface area contributed by atoms with Crippen LogP contribution in [-0.4, -0.2) is 24.7 Å². The van der Waals surface area contributed by atoms with E-state index in [1.807, 2.05) is 42.8 Å². The topological polar surface area (TPSA) is 55.4 Å². The molecular formula is C16H17NO3S2. The van der Waals surface area contributed by atoms with Crippen LogP contribution in [0.2, 0.25) is 0 Å². The molecule has 0 spiro atoms. The van der Waals surface area contributed by atoms with Crippen LogP contribution in [0.25, 0.3) is 0 Å². The zero-order chi connectivity index (χ0) is 15.9. The van der Waals surface area contributed by atoms with E-state index in [4.69, 9.17) is 4.74 Å². The third-order valence-corrected chi connectivity index (χ3v) is 4.86. The number of hydrogen-bond donors (Lipinski definition) is 1. The monoisotopic (exact) mass is 335 g/mol. The minimum Gasteiger partial charge on any atom is -0.452 e. The van der Waals surface area contributed by atoms with E-state index in [9.17, 15) is 9.59 Å². The summed E-state index contributed by atoms with van der Waals surface area (Å²) in [5.41, 5.74) is 0.481. The Labute approximate surface area is 137 Å². The van der Waals surface area contributed by atoms with Gasteiger partial charge in [-0.3, -0.25) is 4.79 Å². The van der Waals surface area contributed by atoms with Gasteiger partial charge in [0.2, 0.25) is 0 Å². The maximum atomic E-state index is 12.0. The Morgan fingerprint density at radius 1 is 1.27 bits per heavy atom. The van der Waals surface area contributed by atoms with Gasteiger partial charge in [-0.1, -0.05) is 18.2 Å². The first-order valence-electron chi connectivity index (χ1n) is 6.74. The lowest BCUT2D eigenvalue weighted by atomic mass is 10.2. The van der Waals surface area contributed by atoms with Crippen molar-refractivity contribution < 1.29 is 14.3 Å². The number of nitrogens with one attached hydrogen (secondary N) is 1. The first-order valence-corrected chi connectivity index (χ1v) is 8.85. The molecule has 1 aromatic carbocycles. The molecule has 1 amide bonds. The van der Waals surface area contributed by atoms with Gasteiger partial charge in [0.25, 0.3) is 5.91 Å². The number of rotatable bonds is 6. The summed E-state index contributed by atoms with van der Waals surface area (Å²) in [6.45, 7) is 1.62. The molecule has 0 aliphatic carbocycles. The van der Waals surface area contributed by atoms with Crippen LogP contribution < -0.4 is 5.32 Å². The number of carbonyl (C=O) groups excluding carboxylic acids is 2. The molecule has 0 fully saturated rings. The van der Waals surface area contributed by atoms with Crippen LogP contribution in [0.3, 0.4) is 0 Å². The van der Waals surface area contributed by atoms with Crippen LogP contribution in [0.5, 0.6) is 0 Å². The maximum absolute atomic E-state index is 12.0. The van der Waals surface area contributed by atoms with E-state index in [0.29, 0.717) is 5.56 Å². The third kappa shape index (κ3) is 4.35. The van der Waals surface area contributed by atoms with Crippen molar-refractivity contribution >= 4 is 35.0 Å². The Morgan fingerprint density at radius 2 is 2.05 bits per heavy atom. The molecule has 0 saturated carbocycles. The fraction of sp³-hybridized carbons (Fsp3) is 0.250. The van der Waals surface area contributed by atoms with Gasteiger partial charge in [0.05, 0.1) is 11.6 Å². The number of thiophene rings is 1. The van der Waals surface area contributed by atoms with Gasteiger partial charge >= 0.3 is 5.97 Å². The van der Waals surface area contributed by atoms with Crippen LogP contribution in [0.1, 0.15) is 28.2 Å². The second-order valence-electron chi connectivity index (χ2n) is 4.58. The van der Waals surface area contributed by atoms with Gasteiger partial charge < -0.3 is 10.1 Å². The number of carbonyl (C=O) groups is 2. The molecule has 0 aliphatic heterocycles. The number of ether oxygens (including phenoxy) is 1. The lowest BCUT2D eigenvalue weighted by Crippen LogP contribution is -2.30. The van der Waals surface area contributed by atoms with Crippen molar-refractivity contribution in [2.24, 2.45) is 0 Å². The minimum absolute atomic E-state index is 0.0929. The Morgan fingerprint density at radius 3 is 2.73 bits per heavy atom. The SMILES string of the molecule is CSc1ccccc1C(=O)OCC(=O)N[C@H](C)c1cccs1. The van der Waals surface area contributed by atoms with Gasteiger partial charge in [0, 0.05) is 9.77 Å². The summed E-state index contributed by atoms with van der Waals surface area (Å²) in [5, 5.41) is 4.76. The van der Waals surface area contributed by atoms with Crippen molar-refractivity contribution in [3.05, 3.63) is 52.2 Å². The normalized spacial score (nSPS) is 11.7. The molecule has 2 rings (SSSR count). The molecule has 1 atom stereocenters. The highest BCUT2D eigenvalue weighted by atomic mass is 32.2. The van der Waals surface area contributed by atoms with Crippen molar-refractivity contribution in [2.45, 2.75) is 17.9 Å². The predicted molar refractivity (Wildman–Crippen MR) is 89.4 cm³/mol. The summed E-state index contributed by atoms with van der Waals surface area (Å²) in [5.74, 6) is -0.792. The zero-order valence-electron chi connectivity index (χ0n) is 12.4. The van der Waals surface area contributed by atoms with Gasteiger partial charge in [-0.25, -0.2) is 4.79 Å². The van der Waals surface area contributed by atoms with Gasteiger partial charge in [-0.05, 0) is 36.8 Å². The molecule has 22 heavy (non-hydrogen) atoms. The summed E-state index contributed by atoms with van der Waals surface area (Å²) in [4.78, 5) is 25.8. The molecule has 0 unspecified atom stereocenters. The molecular weight excluding hydrogens is 318 g/mol. The van der Waals surface area contributed by atoms with Crippen LogP contribution in [0.4, 0.5) is 0 Å². The summed E-state index contributed by atoms with van der Waals surface area (Å²) in [6, 6.07) is 11.0. The van der Waals surface area contributed by atoms with Crippen molar-refractivity contribution in [1.29, 1.82) is 0 Å². The number of amides is 1. The minimum atomic E-state index is -0.483. The van der Waals surface area contributed by atoms with Gasteiger partial charge in [0.1, 0.15) is 0 Å². The number of hydrogen-bond acceptors (Lipinski definition) is 5. The largest absolute Gasteiger partial charge is 0.452 e. The lowest BCUT2D eigenvalue weighted by molar-refractivity contribution is -0.124. The summed E-state index contributed by atoms with van der Waals surface area (Å²) in [6.07, 6.45) is 1.89. The molecule has 1 aromatic heterocycles. The fourth-order valence-corrected chi connectivity index (χ4v) is 3.23. The van der Waals surface area contributed by atoms with Crippen LogP contribution in [0.15, 0.2) is 46.7 Å². The van der Waals surface area contributed by atoms with Crippen molar-refractivity contribution in [1.82, 2.24) is 5.32 Å². The first kappa shape index (κ1) is 16.6. The highest BCUT2D eigenvalue weighted by Gasteiger charge is 2.15. The molecule has 116 valence electrons. The summed E-state index contributed by atoms with van der Waals surface area (Å²) in [7, 11) is 0. The van der Waals surface area contributed by atoms with Crippen molar-refractivity contribution in [2.75, 3.05) is 12.9 Å². The highest BCUT2D eigenvalue weighted by Crippen LogP contribution is 2.21. The van der Waals surface area contributed by atoms with E-state index in [-0.39, 0.29) is 18.6 Å². The standard InChI is InChI=1S/C16H17NO3S2/c1-11(13-8-5-9-22-13)17-15(18)10-20-16(19)12-6-3-4-7-14(12)21-2/h3-9,11H,10H2,1-2H3,(H,17,18)/t11-/m1/s1. The molecule has 2 aromatic rings. The number of esters is 1. The molecule has 0 bridgehead atoms. The highest BCUT2D eigenvalue weighted by molar-refractivity contribution is 7.98. The van der Waals surface area contributed by atoms with Crippen LogP contribution in [0, 0.1) is 0 Å². The van der Waals surface area contributed by atoms with E-state index in [1.165, 1.54) is 11.8 Å². The van der Waals surface area contributed by atoms with Crippen LogP contribution in [-0.2, 0) is 9.53 Å². The van der Waals surface area contributed by atoms with Gasteiger partial charge in [-0.2, -0.15) is 0 Å². The number of thioether (sulfide) groups is 1. The maximum Gasteiger partial charge on any atom is 0.339 e. The Balaban J connectivity index is 1.87. The van der Waals surface area contributed by atoms with Crippen molar-refractivity contribution in [3.63, 3.8) is 0 Å². The molecule has 0 radical (unpaired) electrons. The lowest BCUT2D eigenvalue weighted by Gasteiger charge is -2.12. The summed E-state index contributed by atoms with van der Waals surface area (Å²) < 4.78 is 5.09. The van der Waals surface area contributed by atoms with E-state index >= 15 is 0 Å². The molecule has 4 nitrogen and oxygen atoms in total. The predicted octanol–water partition coefficient (Wildman–Crippen LogP) is 3.50. The molecule has 1 N–H and O–H groups in total. The molecule has 6 heteroatoms. The summed E-state index contributed by atoms with van der Waals surface area (Å²) >= 11 is 3.04. The Bertz CT molecular complexity index is 641. The van der Waals surface area contributed by atoms with E-state index in [1.54, 1.807) is 23.5 Å². The second kappa shape index (κ2) is 8.00. The van der Waals surface area contributed by atoms with Gasteiger partial charge in [0.15, 0.2) is 6.61 Å². The number of benzene rings is 1. The van der Waals surface area contributed by atoms with Crippen LogP contribution >= 0.6 is 23.1 Å². The smallest absolute Gasteiger partial charge is 0.339 e. The first-order chi connectivity index (χ1) is 10.6. The Hall–Kier alpha value is -1.79. The van der Waals surface area contributed by atoms with E-state index < -0.39 is 5.97 Å². The Kier molecular flexibility index (Phi) is 6.03. The van der Waals surface area contributed by atoms with Gasteiger partial charge in [-0.15, -0.1) is 23.1 Å². The fourth-order valence-electron chi connectivity index (χ4n) is 1.91. The molecule has 1 heterocycles. The van der Waals surface area contributed by atoms with E-state index in [2.05, 4.69) is 5.32 Å². The average Bonchev–Trinajstić information content (AvgIpc) is 3.07. The zero-order valence-corrected chi connectivity index (χ0v) is 14.0. The second-order valence-corrected chi connectivity index (χ2v) is 6.41. The quantitative estimate of drug-likeness (QED) is 0.648. The molecule has 0 saturated heterocycles. The average molecular weight is 335 g/mol.